The third kappa shape index (κ3) is 4.90. The minimum atomic E-state index is 0.0357. The van der Waals surface area contributed by atoms with Crippen molar-refractivity contribution in [3.63, 3.8) is 0 Å². The van der Waals surface area contributed by atoms with E-state index in [-0.39, 0.29) is 6.29 Å². The van der Waals surface area contributed by atoms with Crippen LogP contribution in [-0.4, -0.2) is 30.8 Å². The molecule has 0 N–H and O–H groups in total. The van der Waals surface area contributed by atoms with Gasteiger partial charge in [0.05, 0.1) is 0 Å². The molecular weight excluding hydrogens is 168 g/mol. The summed E-state index contributed by atoms with van der Waals surface area (Å²) in [5.41, 5.74) is 0.645. The van der Waals surface area contributed by atoms with Gasteiger partial charge in [0.25, 0.3) is 0 Å². The summed E-state index contributed by atoms with van der Waals surface area (Å²) in [6, 6.07) is 0. The van der Waals surface area contributed by atoms with E-state index in [4.69, 9.17) is 9.47 Å². The van der Waals surface area contributed by atoms with Gasteiger partial charge in [0.2, 0.25) is 0 Å². The van der Waals surface area contributed by atoms with Crippen LogP contribution in [0.2, 0.25) is 5.54 Å². The molecule has 0 saturated carbocycles. The van der Waals surface area contributed by atoms with Crippen LogP contribution in [0.25, 0.3) is 0 Å². The number of ether oxygens (including phenoxy) is 2. The predicted molar refractivity (Wildman–Crippen MR) is 55.6 cm³/mol. The summed E-state index contributed by atoms with van der Waals surface area (Å²) in [6.45, 7) is 2.23. The molecule has 0 heterocycles. The summed E-state index contributed by atoms with van der Waals surface area (Å²) in [5, 5.41) is 0. The fraction of sp³-hybridized carbons (Fsp3) is 1.00. The predicted octanol–water partition coefficient (Wildman–Crippen LogP) is 1.34. The van der Waals surface area contributed by atoms with Crippen molar-refractivity contribution in [3.05, 3.63) is 0 Å². The molecule has 0 aliphatic rings. The summed E-state index contributed by atoms with van der Waals surface area (Å²) >= 11 is 0. The van der Waals surface area contributed by atoms with Crippen LogP contribution in [0.1, 0.15) is 32.6 Å². The molecule has 12 heavy (non-hydrogen) atoms. The zero-order valence-corrected chi connectivity index (χ0v) is 10.8. The molecule has 0 bridgehead atoms. The lowest BCUT2D eigenvalue weighted by molar-refractivity contribution is -0.106. The molecule has 3 heteroatoms. The van der Waals surface area contributed by atoms with Gasteiger partial charge in [-0.2, -0.15) is 0 Å². The van der Waals surface area contributed by atoms with Crippen LogP contribution < -0.4 is 0 Å². The van der Waals surface area contributed by atoms with Crippen molar-refractivity contribution in [2.24, 2.45) is 0 Å². The Morgan fingerprint density at radius 3 is 2.17 bits per heavy atom. The molecule has 74 valence electrons. The molecule has 0 radical (unpaired) electrons. The maximum atomic E-state index is 5.20. The van der Waals surface area contributed by atoms with Gasteiger partial charge in [-0.05, 0) is 12.0 Å². The number of rotatable bonds is 7. The first-order valence-electron chi connectivity index (χ1n) is 4.81. The summed E-state index contributed by atoms with van der Waals surface area (Å²) in [4.78, 5) is 0. The van der Waals surface area contributed by atoms with Crippen molar-refractivity contribution in [2.45, 2.75) is 44.4 Å². The summed E-state index contributed by atoms with van der Waals surface area (Å²) < 4.78 is 10.4. The largest absolute Gasteiger partial charge is 0.356 e. The Bertz CT molecular complexity index is 94.5. The standard InChI is InChI=1S/C9H22O2Si/c1-4-5-6-7-8(12)9(10-2)11-3/h8-9H,4-7H2,1-3,12H3. The average molecular weight is 190 g/mol. The van der Waals surface area contributed by atoms with Gasteiger partial charge in [-0.25, -0.2) is 0 Å². The van der Waals surface area contributed by atoms with Gasteiger partial charge >= 0.3 is 0 Å². The summed E-state index contributed by atoms with van der Waals surface area (Å²) in [6.07, 6.45) is 5.23. The highest BCUT2D eigenvalue weighted by Gasteiger charge is 2.14. The molecule has 0 spiro atoms. The average Bonchev–Trinajstić information content (AvgIpc) is 2.07. The molecule has 0 saturated heterocycles. The fourth-order valence-corrected chi connectivity index (χ4v) is 2.37. The molecule has 2 nitrogen and oxygen atoms in total. The molecule has 0 aromatic carbocycles. The summed E-state index contributed by atoms with van der Waals surface area (Å²) in [7, 11) is 4.60. The maximum absolute atomic E-state index is 5.20. The fourth-order valence-electron chi connectivity index (χ4n) is 1.41. The van der Waals surface area contributed by atoms with Gasteiger partial charge in [-0.1, -0.05) is 26.2 Å². The minimum Gasteiger partial charge on any atom is -0.356 e. The quantitative estimate of drug-likeness (QED) is 0.343. The van der Waals surface area contributed by atoms with E-state index in [1.807, 2.05) is 0 Å². The monoisotopic (exact) mass is 190 g/mol. The first-order valence-corrected chi connectivity index (χ1v) is 5.97. The zero-order valence-electron chi connectivity index (χ0n) is 8.80. The molecule has 0 fully saturated rings. The van der Waals surface area contributed by atoms with E-state index in [0.717, 1.165) is 10.2 Å². The van der Waals surface area contributed by atoms with Crippen molar-refractivity contribution in [1.29, 1.82) is 0 Å². The zero-order chi connectivity index (χ0) is 9.40. The van der Waals surface area contributed by atoms with Crippen molar-refractivity contribution in [2.75, 3.05) is 14.2 Å². The minimum absolute atomic E-state index is 0.0357. The van der Waals surface area contributed by atoms with Crippen LogP contribution in [-0.2, 0) is 9.47 Å². The van der Waals surface area contributed by atoms with Crippen LogP contribution >= 0.6 is 0 Å². The molecule has 1 unspecified atom stereocenters. The van der Waals surface area contributed by atoms with E-state index in [0.29, 0.717) is 5.54 Å². The van der Waals surface area contributed by atoms with Crippen LogP contribution in [0.4, 0.5) is 0 Å². The van der Waals surface area contributed by atoms with Crippen molar-refractivity contribution in [3.8, 4) is 0 Å². The first-order chi connectivity index (χ1) is 5.76. The van der Waals surface area contributed by atoms with E-state index in [2.05, 4.69) is 6.92 Å². The van der Waals surface area contributed by atoms with E-state index in [1.54, 1.807) is 14.2 Å². The lowest BCUT2D eigenvalue weighted by Crippen LogP contribution is -2.20. The Balaban J connectivity index is 3.47. The maximum Gasteiger partial charge on any atom is 0.156 e. The highest BCUT2D eigenvalue weighted by molar-refractivity contribution is 6.11. The lowest BCUT2D eigenvalue weighted by Gasteiger charge is -2.20. The van der Waals surface area contributed by atoms with Crippen LogP contribution in [0.15, 0.2) is 0 Å². The Labute approximate surface area is 79.1 Å². The Morgan fingerprint density at radius 2 is 1.75 bits per heavy atom. The van der Waals surface area contributed by atoms with E-state index >= 15 is 0 Å². The second kappa shape index (κ2) is 7.77. The molecule has 0 rings (SSSR count). The van der Waals surface area contributed by atoms with Crippen LogP contribution in [0.5, 0.6) is 0 Å². The smallest absolute Gasteiger partial charge is 0.156 e. The van der Waals surface area contributed by atoms with Crippen molar-refractivity contribution >= 4 is 10.2 Å². The van der Waals surface area contributed by atoms with Gasteiger partial charge in [0.15, 0.2) is 6.29 Å². The second-order valence-corrected chi connectivity index (χ2v) is 4.80. The van der Waals surface area contributed by atoms with E-state index < -0.39 is 0 Å². The third-order valence-electron chi connectivity index (χ3n) is 2.19. The molecule has 0 aliphatic heterocycles. The second-order valence-electron chi connectivity index (χ2n) is 3.31. The molecular formula is C9H22O2Si. The number of hydrogen-bond acceptors (Lipinski definition) is 2. The molecule has 0 aromatic rings. The van der Waals surface area contributed by atoms with Gasteiger partial charge in [-0.3, -0.25) is 0 Å². The van der Waals surface area contributed by atoms with Gasteiger partial charge in [-0.15, -0.1) is 0 Å². The van der Waals surface area contributed by atoms with E-state index in [9.17, 15) is 0 Å². The van der Waals surface area contributed by atoms with Gasteiger partial charge < -0.3 is 9.47 Å². The normalized spacial score (nSPS) is 14.0. The molecule has 0 aliphatic carbocycles. The van der Waals surface area contributed by atoms with Crippen LogP contribution in [0, 0.1) is 0 Å². The first kappa shape index (κ1) is 12.1. The highest BCUT2D eigenvalue weighted by Crippen LogP contribution is 2.18. The number of unbranched alkanes of at least 4 members (excludes halogenated alkanes) is 2. The Morgan fingerprint density at radius 1 is 1.17 bits per heavy atom. The van der Waals surface area contributed by atoms with Crippen molar-refractivity contribution in [1.82, 2.24) is 0 Å². The molecule has 0 amide bonds. The SMILES string of the molecule is CCCCCC([SiH3])C(OC)OC. The lowest BCUT2D eigenvalue weighted by atomic mass is 10.1. The summed E-state index contributed by atoms with van der Waals surface area (Å²) in [5.74, 6) is 0. The number of methoxy groups -OCH3 is 2. The third-order valence-corrected chi connectivity index (χ3v) is 3.31. The van der Waals surface area contributed by atoms with Crippen LogP contribution in [0.3, 0.4) is 0 Å². The Kier molecular flexibility index (Phi) is 7.86. The topological polar surface area (TPSA) is 18.5 Å². The van der Waals surface area contributed by atoms with Gasteiger partial charge in [0.1, 0.15) is 0 Å². The Hall–Kier alpha value is 0.137. The van der Waals surface area contributed by atoms with Gasteiger partial charge in [0, 0.05) is 24.5 Å². The van der Waals surface area contributed by atoms with E-state index in [1.165, 1.54) is 25.7 Å². The molecule has 0 aromatic heterocycles. The van der Waals surface area contributed by atoms with Crippen molar-refractivity contribution < 1.29 is 9.47 Å². The highest BCUT2D eigenvalue weighted by atomic mass is 28.1. The number of hydrogen-bond donors (Lipinski definition) is 0. The molecule has 1 atom stereocenters.